The van der Waals surface area contributed by atoms with Crippen LogP contribution in [0.15, 0.2) is 84.9 Å². The largest absolute Gasteiger partial charge is 0.432 e. The van der Waals surface area contributed by atoms with E-state index in [-0.39, 0.29) is 27.8 Å². The molecule has 0 N–H and O–H groups in total. The summed E-state index contributed by atoms with van der Waals surface area (Å²) in [5, 5.41) is -0.753. The average molecular weight is 661 g/mol. The maximum Gasteiger partial charge on any atom is 0.432 e. The van der Waals surface area contributed by atoms with Gasteiger partial charge in [-0.05, 0) is 83.1 Å². The molecule has 0 heterocycles. The average Bonchev–Trinajstić information content (AvgIpc) is 2.99. The third-order valence-corrected chi connectivity index (χ3v) is 7.81. The maximum absolute atomic E-state index is 15.1. The van der Waals surface area contributed by atoms with Gasteiger partial charge in [0.2, 0.25) is 0 Å². The lowest BCUT2D eigenvalue weighted by molar-refractivity contribution is -0.189. The molecule has 0 aliphatic rings. The van der Waals surface area contributed by atoms with Crippen molar-refractivity contribution >= 4 is 11.6 Å². The van der Waals surface area contributed by atoms with Crippen molar-refractivity contribution in [3.8, 4) is 39.1 Å². The van der Waals surface area contributed by atoms with Crippen molar-refractivity contribution in [2.45, 2.75) is 38.7 Å². The first-order chi connectivity index (χ1) is 21.9. The first-order valence-corrected chi connectivity index (χ1v) is 14.7. The molecule has 238 valence electrons. The fraction of sp³-hybridized carbons (Fsp3) is 0.167. The van der Waals surface area contributed by atoms with E-state index in [1.54, 1.807) is 12.1 Å². The second-order valence-electron chi connectivity index (χ2n) is 10.7. The highest BCUT2D eigenvalue weighted by molar-refractivity contribution is 6.31. The lowest BCUT2D eigenvalue weighted by Crippen LogP contribution is -2.25. The van der Waals surface area contributed by atoms with E-state index < -0.39 is 57.3 Å². The van der Waals surface area contributed by atoms with Crippen molar-refractivity contribution < 1.29 is 39.9 Å². The summed E-state index contributed by atoms with van der Waals surface area (Å²) in [5.74, 6) is -8.13. The Hall–Kier alpha value is -4.37. The number of alkyl halides is 2. The third-order valence-electron chi connectivity index (χ3n) is 7.45. The Kier molecular flexibility index (Phi) is 9.72. The van der Waals surface area contributed by atoms with Gasteiger partial charge in [0.25, 0.3) is 0 Å². The summed E-state index contributed by atoms with van der Waals surface area (Å²) < 4.78 is 122. The minimum atomic E-state index is -4.53. The second kappa shape index (κ2) is 13.5. The van der Waals surface area contributed by atoms with Gasteiger partial charge in [-0.15, -0.1) is 0 Å². The van der Waals surface area contributed by atoms with Crippen LogP contribution in [0, 0.1) is 34.9 Å². The summed E-state index contributed by atoms with van der Waals surface area (Å²) in [6.45, 7) is 2.09. The number of halogens is 9. The van der Waals surface area contributed by atoms with Crippen LogP contribution in [0.4, 0.5) is 35.1 Å². The molecule has 0 saturated heterocycles. The molecule has 0 bridgehead atoms. The molecule has 0 spiro atoms. The van der Waals surface area contributed by atoms with Crippen molar-refractivity contribution in [2.24, 2.45) is 0 Å². The van der Waals surface area contributed by atoms with Gasteiger partial charge in [-0.1, -0.05) is 67.8 Å². The molecule has 46 heavy (non-hydrogen) atoms. The van der Waals surface area contributed by atoms with Crippen LogP contribution < -0.4 is 4.74 Å². The summed E-state index contributed by atoms with van der Waals surface area (Å²) >= 11 is 5.47. The van der Waals surface area contributed by atoms with Crippen LogP contribution >= 0.6 is 11.6 Å². The van der Waals surface area contributed by atoms with E-state index in [0.29, 0.717) is 11.6 Å². The van der Waals surface area contributed by atoms with Crippen molar-refractivity contribution in [3.05, 3.63) is 136 Å². The molecule has 0 unspecified atom stereocenters. The van der Waals surface area contributed by atoms with Crippen molar-refractivity contribution in [1.82, 2.24) is 0 Å². The van der Waals surface area contributed by atoms with Gasteiger partial charge in [-0.3, -0.25) is 0 Å². The molecule has 5 aromatic rings. The van der Waals surface area contributed by atoms with E-state index in [4.69, 9.17) is 11.6 Å². The molecule has 0 atom stereocenters. The zero-order valence-corrected chi connectivity index (χ0v) is 25.0. The van der Waals surface area contributed by atoms with Crippen molar-refractivity contribution in [2.75, 3.05) is 0 Å². The monoisotopic (exact) mass is 660 g/mol. The summed E-state index contributed by atoms with van der Waals surface area (Å²) in [6.07, 6.45) is -0.547. The van der Waals surface area contributed by atoms with Crippen LogP contribution in [0.5, 0.6) is 5.75 Å². The van der Waals surface area contributed by atoms with Crippen LogP contribution in [0.25, 0.3) is 33.4 Å². The summed E-state index contributed by atoms with van der Waals surface area (Å²) in [5.41, 5.74) is -0.740. The minimum Gasteiger partial charge on any atom is -0.429 e. The second-order valence-corrected chi connectivity index (χ2v) is 11.1. The molecule has 0 fully saturated rings. The lowest BCUT2D eigenvalue weighted by Gasteiger charge is -2.20. The normalized spacial score (nSPS) is 11.6. The van der Waals surface area contributed by atoms with Crippen LogP contribution in [-0.4, -0.2) is 0 Å². The zero-order chi connectivity index (χ0) is 33.2. The Morgan fingerprint density at radius 3 is 1.67 bits per heavy atom. The number of aryl methyl sites for hydroxylation is 1. The molecule has 5 rings (SSSR count). The highest BCUT2D eigenvalue weighted by Crippen LogP contribution is 2.39. The molecule has 0 amide bonds. The molecule has 10 heteroatoms. The number of unbranched alkanes of at least 4 members (excludes halogenated alkanes) is 2. The Morgan fingerprint density at radius 1 is 0.565 bits per heavy atom. The predicted octanol–water partition coefficient (Wildman–Crippen LogP) is 12.0. The minimum absolute atomic E-state index is 0.0337. The fourth-order valence-corrected chi connectivity index (χ4v) is 5.19. The number of hydrogen-bond acceptors (Lipinski definition) is 1. The molecule has 0 aliphatic heterocycles. The van der Waals surface area contributed by atoms with Gasteiger partial charge in [0.15, 0.2) is 0 Å². The van der Waals surface area contributed by atoms with Crippen molar-refractivity contribution in [3.63, 3.8) is 0 Å². The number of hydrogen-bond donors (Lipinski definition) is 0. The van der Waals surface area contributed by atoms with Gasteiger partial charge in [0.05, 0.1) is 0 Å². The summed E-state index contributed by atoms with van der Waals surface area (Å²) in [6, 6.07) is 16.0. The number of ether oxygens (including phenoxy) is 1. The van der Waals surface area contributed by atoms with Crippen LogP contribution in [0.3, 0.4) is 0 Å². The Morgan fingerprint density at radius 2 is 1.09 bits per heavy atom. The molecule has 5 aromatic carbocycles. The van der Waals surface area contributed by atoms with E-state index >= 15 is 13.2 Å². The molecular formula is C36H25ClF8O. The standard InChI is InChI=1S/C36H25ClF8O/c1-2-3-4-5-20-6-8-21(9-7-20)23-15-30(40)34(31(41)16-23)36(44,45)46-25-11-13-26(29(39)19-25)22-10-12-27(28(38)14-22)24-17-32(42)35(37)33(43)18-24/h6-19H,2-5H2,1H3. The van der Waals surface area contributed by atoms with Gasteiger partial charge < -0.3 is 4.74 Å². The molecule has 1 nitrogen and oxygen atoms in total. The summed E-state index contributed by atoms with van der Waals surface area (Å²) in [7, 11) is 0. The Labute approximate surface area is 265 Å². The number of rotatable bonds is 10. The lowest BCUT2D eigenvalue weighted by atomic mass is 9.99. The number of benzene rings is 5. The van der Waals surface area contributed by atoms with Gasteiger partial charge >= 0.3 is 6.11 Å². The quantitative estimate of drug-likeness (QED) is 0.0823. The van der Waals surface area contributed by atoms with Gasteiger partial charge in [-0.25, -0.2) is 26.3 Å². The van der Waals surface area contributed by atoms with Gasteiger partial charge in [-0.2, -0.15) is 8.78 Å². The zero-order valence-electron chi connectivity index (χ0n) is 24.2. The highest BCUT2D eigenvalue weighted by atomic mass is 35.5. The van der Waals surface area contributed by atoms with E-state index in [1.165, 1.54) is 6.07 Å². The third kappa shape index (κ3) is 7.04. The highest BCUT2D eigenvalue weighted by Gasteiger charge is 2.41. The fourth-order valence-electron chi connectivity index (χ4n) is 5.08. The van der Waals surface area contributed by atoms with Gasteiger partial charge in [0, 0.05) is 17.2 Å². The molecule has 0 saturated carbocycles. The Balaban J connectivity index is 1.35. The molecular weight excluding hydrogens is 636 g/mol. The van der Waals surface area contributed by atoms with Gasteiger partial charge in [0.1, 0.15) is 51.2 Å². The molecule has 0 aliphatic carbocycles. The summed E-state index contributed by atoms with van der Waals surface area (Å²) in [4.78, 5) is 0. The van der Waals surface area contributed by atoms with E-state index in [1.807, 2.05) is 12.1 Å². The predicted molar refractivity (Wildman–Crippen MR) is 162 cm³/mol. The van der Waals surface area contributed by atoms with Crippen LogP contribution in [0.1, 0.15) is 37.3 Å². The smallest absolute Gasteiger partial charge is 0.429 e. The first-order valence-electron chi connectivity index (χ1n) is 14.3. The maximum atomic E-state index is 15.1. The van der Waals surface area contributed by atoms with Crippen LogP contribution in [-0.2, 0) is 12.5 Å². The first kappa shape index (κ1) is 33.0. The molecule has 0 aromatic heterocycles. The SMILES string of the molecule is CCCCCc1ccc(-c2cc(F)c(C(F)(F)Oc3ccc(-c4ccc(-c5cc(F)c(Cl)c(F)c5)c(F)c4)c(F)c3)c(F)c2)cc1. The van der Waals surface area contributed by atoms with E-state index in [0.717, 1.165) is 79.8 Å². The topological polar surface area (TPSA) is 9.23 Å². The van der Waals surface area contributed by atoms with Crippen molar-refractivity contribution in [1.29, 1.82) is 0 Å². The molecule has 0 radical (unpaired) electrons. The Bertz CT molecular complexity index is 1840. The van der Waals surface area contributed by atoms with Crippen LogP contribution in [0.2, 0.25) is 5.02 Å². The van der Waals surface area contributed by atoms with E-state index in [9.17, 15) is 22.0 Å². The van der Waals surface area contributed by atoms with E-state index in [2.05, 4.69) is 11.7 Å².